The van der Waals surface area contributed by atoms with E-state index in [1.54, 1.807) is 32.4 Å². The zero-order valence-corrected chi connectivity index (χ0v) is 16.6. The van der Waals surface area contributed by atoms with Crippen LogP contribution in [0.1, 0.15) is 32.4 Å². The maximum absolute atomic E-state index is 12.9. The molecule has 0 bridgehead atoms. The summed E-state index contributed by atoms with van der Waals surface area (Å²) >= 11 is 1.24. The van der Waals surface area contributed by atoms with Crippen molar-refractivity contribution in [2.75, 3.05) is 33.1 Å². The number of hydrogen-bond acceptors (Lipinski definition) is 7. The van der Waals surface area contributed by atoms with Crippen LogP contribution in [0.25, 0.3) is 5.76 Å². The van der Waals surface area contributed by atoms with Crippen LogP contribution >= 0.6 is 11.3 Å². The number of carbonyl (C=O) groups excluding carboxylic acids is 2. The van der Waals surface area contributed by atoms with Crippen molar-refractivity contribution in [3.8, 4) is 0 Å². The third-order valence-corrected chi connectivity index (χ3v) is 5.50. The second kappa shape index (κ2) is 7.48. The number of carbonyl (C=O) groups is 2. The fraction of sp³-hybridized carbons (Fsp3) is 0.368. The summed E-state index contributed by atoms with van der Waals surface area (Å²) in [5.41, 5.74) is 1.60. The summed E-state index contributed by atoms with van der Waals surface area (Å²) in [6, 6.07) is 3.55. The van der Waals surface area contributed by atoms with E-state index >= 15 is 0 Å². The van der Waals surface area contributed by atoms with Crippen molar-refractivity contribution in [3.05, 3.63) is 45.0 Å². The SMILES string of the molecule is CN(C)C(=O)Cc1nc2c(s1)C(=O)C(=C(O)c1ccc(N(C)C)nc1)CC2. The van der Waals surface area contributed by atoms with Gasteiger partial charge in [0.2, 0.25) is 11.7 Å². The number of likely N-dealkylation sites (N-methyl/N-ethyl adjacent to an activating group) is 1. The highest BCUT2D eigenvalue weighted by Crippen LogP contribution is 2.33. The van der Waals surface area contributed by atoms with Gasteiger partial charge in [0.15, 0.2) is 0 Å². The molecule has 8 heteroatoms. The number of ketones is 1. The Labute approximate surface area is 162 Å². The molecule has 7 nitrogen and oxygen atoms in total. The Morgan fingerprint density at radius 2 is 1.96 bits per heavy atom. The first-order valence-electron chi connectivity index (χ1n) is 8.57. The lowest BCUT2D eigenvalue weighted by Gasteiger charge is -2.15. The summed E-state index contributed by atoms with van der Waals surface area (Å²) in [6.07, 6.45) is 2.72. The number of pyridine rings is 1. The minimum absolute atomic E-state index is 0.0391. The first-order valence-corrected chi connectivity index (χ1v) is 9.39. The zero-order chi connectivity index (χ0) is 19.7. The summed E-state index contributed by atoms with van der Waals surface area (Å²) in [5, 5.41) is 11.3. The number of aromatic nitrogens is 2. The number of fused-ring (bicyclic) bond motifs is 1. The number of aryl methyl sites for hydroxylation is 1. The summed E-state index contributed by atoms with van der Waals surface area (Å²) < 4.78 is 0. The first kappa shape index (κ1) is 19.0. The number of amides is 1. The largest absolute Gasteiger partial charge is 0.507 e. The predicted octanol–water partition coefficient (Wildman–Crippen LogP) is 2.33. The van der Waals surface area contributed by atoms with Crippen LogP contribution < -0.4 is 4.90 Å². The Morgan fingerprint density at radius 3 is 2.56 bits per heavy atom. The molecule has 0 aliphatic heterocycles. The van der Waals surface area contributed by atoms with Gasteiger partial charge in [0.05, 0.1) is 17.0 Å². The van der Waals surface area contributed by atoms with Gasteiger partial charge in [-0.05, 0) is 25.0 Å². The first-order chi connectivity index (χ1) is 12.8. The van der Waals surface area contributed by atoms with Crippen molar-refractivity contribution in [2.24, 2.45) is 0 Å². The quantitative estimate of drug-likeness (QED) is 0.641. The monoisotopic (exact) mass is 386 g/mol. The van der Waals surface area contributed by atoms with E-state index in [1.807, 2.05) is 19.0 Å². The van der Waals surface area contributed by atoms with Crippen molar-refractivity contribution < 1.29 is 14.7 Å². The van der Waals surface area contributed by atoms with Crippen molar-refractivity contribution >= 4 is 34.6 Å². The van der Waals surface area contributed by atoms with Crippen LogP contribution in [0.5, 0.6) is 0 Å². The molecule has 0 fully saturated rings. The van der Waals surface area contributed by atoms with E-state index in [2.05, 4.69) is 9.97 Å². The zero-order valence-electron chi connectivity index (χ0n) is 15.8. The molecule has 0 spiro atoms. The summed E-state index contributed by atoms with van der Waals surface area (Å²) in [6.45, 7) is 0. The van der Waals surface area contributed by atoms with Gasteiger partial charge in [-0.1, -0.05) is 0 Å². The van der Waals surface area contributed by atoms with Crippen molar-refractivity contribution in [1.29, 1.82) is 0 Å². The Kier molecular flexibility index (Phi) is 5.27. The Hall–Kier alpha value is -2.74. The molecule has 2 heterocycles. The van der Waals surface area contributed by atoms with Crippen LogP contribution in [-0.4, -0.2) is 59.9 Å². The molecule has 0 unspecified atom stereocenters. The average Bonchev–Trinajstić information content (AvgIpc) is 3.05. The number of rotatable bonds is 4. The number of aliphatic hydroxyl groups excluding tert-OH is 1. The summed E-state index contributed by atoms with van der Waals surface area (Å²) in [7, 11) is 7.15. The smallest absolute Gasteiger partial charge is 0.228 e. The highest BCUT2D eigenvalue weighted by Gasteiger charge is 2.29. The van der Waals surface area contributed by atoms with E-state index in [0.717, 1.165) is 5.82 Å². The van der Waals surface area contributed by atoms with Crippen molar-refractivity contribution in [2.45, 2.75) is 19.3 Å². The molecule has 0 saturated heterocycles. The highest BCUT2D eigenvalue weighted by atomic mass is 32.1. The number of Topliss-reactive ketones (excluding diaryl/α,β-unsaturated/α-hetero) is 1. The maximum atomic E-state index is 12.9. The van der Waals surface area contributed by atoms with Gasteiger partial charge in [0.25, 0.3) is 0 Å². The van der Waals surface area contributed by atoms with Crippen molar-refractivity contribution in [3.63, 3.8) is 0 Å². The van der Waals surface area contributed by atoms with Crippen LogP contribution in [0.4, 0.5) is 5.82 Å². The van der Waals surface area contributed by atoms with Crippen LogP contribution in [-0.2, 0) is 17.6 Å². The fourth-order valence-corrected chi connectivity index (χ4v) is 3.86. The molecule has 1 aliphatic rings. The molecule has 2 aromatic heterocycles. The minimum atomic E-state index is -0.216. The third-order valence-electron chi connectivity index (χ3n) is 4.40. The molecule has 1 amide bonds. The van der Waals surface area contributed by atoms with Crippen LogP contribution in [0.2, 0.25) is 0 Å². The molecule has 3 rings (SSSR count). The molecule has 1 aliphatic carbocycles. The number of hydrogen-bond donors (Lipinski definition) is 1. The van der Waals surface area contributed by atoms with Gasteiger partial charge in [-0.2, -0.15) is 0 Å². The fourth-order valence-electron chi connectivity index (χ4n) is 2.80. The van der Waals surface area contributed by atoms with Gasteiger partial charge in [0.1, 0.15) is 16.6 Å². The van der Waals surface area contributed by atoms with E-state index in [9.17, 15) is 14.7 Å². The minimum Gasteiger partial charge on any atom is -0.507 e. The van der Waals surface area contributed by atoms with Crippen molar-refractivity contribution in [1.82, 2.24) is 14.9 Å². The maximum Gasteiger partial charge on any atom is 0.228 e. The molecule has 0 saturated carbocycles. The van der Waals surface area contributed by atoms with E-state index in [1.165, 1.54) is 16.2 Å². The number of thiazole rings is 1. The van der Waals surface area contributed by atoms with Gasteiger partial charge >= 0.3 is 0 Å². The Morgan fingerprint density at radius 1 is 1.22 bits per heavy atom. The van der Waals surface area contributed by atoms with Crippen LogP contribution in [0.15, 0.2) is 23.9 Å². The second-order valence-electron chi connectivity index (χ2n) is 6.80. The third kappa shape index (κ3) is 3.85. The van der Waals surface area contributed by atoms with Gasteiger partial charge < -0.3 is 14.9 Å². The normalized spacial score (nSPS) is 15.3. The van der Waals surface area contributed by atoms with E-state index < -0.39 is 0 Å². The van der Waals surface area contributed by atoms with Gasteiger partial charge in [-0.25, -0.2) is 9.97 Å². The molecule has 0 atom stereocenters. The molecule has 0 aromatic carbocycles. The number of allylic oxidation sites excluding steroid dienone is 1. The summed E-state index contributed by atoms with van der Waals surface area (Å²) in [4.78, 5) is 37.4. The van der Waals surface area contributed by atoms with Crippen LogP contribution in [0, 0.1) is 0 Å². The molecule has 27 heavy (non-hydrogen) atoms. The lowest BCUT2D eigenvalue weighted by atomic mass is 9.93. The van der Waals surface area contributed by atoms with Gasteiger partial charge in [0, 0.05) is 45.5 Å². The van der Waals surface area contributed by atoms with E-state index in [-0.39, 0.29) is 23.9 Å². The highest BCUT2D eigenvalue weighted by molar-refractivity contribution is 7.14. The lowest BCUT2D eigenvalue weighted by molar-refractivity contribution is -0.127. The topological polar surface area (TPSA) is 86.6 Å². The standard InChI is InChI=1S/C19H22N4O3S/c1-22(2)14-8-5-11(10-20-14)17(25)12-6-7-13-19(18(12)26)27-15(21-13)9-16(24)23(3)4/h5,8,10,25H,6-7,9H2,1-4H3. The van der Waals surface area contributed by atoms with E-state index in [4.69, 9.17) is 0 Å². The molecule has 0 radical (unpaired) electrons. The molecular formula is C19H22N4O3S. The molecule has 2 aromatic rings. The summed E-state index contributed by atoms with van der Waals surface area (Å²) in [5.74, 6) is 0.458. The lowest BCUT2D eigenvalue weighted by Crippen LogP contribution is -2.23. The second-order valence-corrected chi connectivity index (χ2v) is 7.89. The number of aliphatic hydroxyl groups is 1. The average molecular weight is 386 g/mol. The van der Waals surface area contributed by atoms with Gasteiger partial charge in [-0.15, -0.1) is 11.3 Å². The predicted molar refractivity (Wildman–Crippen MR) is 105 cm³/mol. The number of anilines is 1. The molecule has 1 N–H and O–H groups in total. The Bertz CT molecular complexity index is 914. The number of nitrogens with zero attached hydrogens (tertiary/aromatic N) is 4. The molecule has 142 valence electrons. The Balaban J connectivity index is 1.88. The molecular weight excluding hydrogens is 364 g/mol. The van der Waals surface area contributed by atoms with E-state index in [0.29, 0.717) is 39.6 Å². The van der Waals surface area contributed by atoms with Gasteiger partial charge in [-0.3, -0.25) is 9.59 Å². The van der Waals surface area contributed by atoms with Crippen LogP contribution in [0.3, 0.4) is 0 Å².